The molecule has 26 heavy (non-hydrogen) atoms. The van der Waals surface area contributed by atoms with Crippen molar-refractivity contribution in [3.63, 3.8) is 0 Å². The fraction of sp³-hybridized carbons (Fsp3) is 0.0526. The Morgan fingerprint density at radius 3 is 2.50 bits per heavy atom. The number of carbonyl (C=O) groups is 1. The van der Waals surface area contributed by atoms with Crippen LogP contribution in [0, 0.1) is 0 Å². The fourth-order valence-corrected chi connectivity index (χ4v) is 3.36. The molecule has 0 saturated carbocycles. The molecule has 3 rings (SSSR count). The van der Waals surface area contributed by atoms with Crippen molar-refractivity contribution >= 4 is 32.7 Å². The number of rotatable bonds is 6. The van der Waals surface area contributed by atoms with Crippen LogP contribution in [0.25, 0.3) is 10.9 Å². The number of sulfonamides is 1. The maximum atomic E-state index is 12.4. The first kappa shape index (κ1) is 17.8. The number of fused-ring (bicyclic) bond motifs is 1. The van der Waals surface area contributed by atoms with Crippen LogP contribution in [0.2, 0.25) is 0 Å². The van der Waals surface area contributed by atoms with Gasteiger partial charge in [-0.15, -0.1) is 6.58 Å². The Bertz CT molecular complexity index is 1060. The van der Waals surface area contributed by atoms with Crippen molar-refractivity contribution in [3.05, 3.63) is 78.9 Å². The maximum absolute atomic E-state index is 12.4. The van der Waals surface area contributed by atoms with Gasteiger partial charge in [-0.3, -0.25) is 4.79 Å². The molecule has 7 heteroatoms. The average Bonchev–Trinajstić information content (AvgIpc) is 2.66. The third kappa shape index (κ3) is 3.96. The second kappa shape index (κ2) is 7.47. The number of hydrogen-bond acceptors (Lipinski definition) is 4. The Balaban J connectivity index is 1.76. The Morgan fingerprint density at radius 1 is 1.04 bits per heavy atom. The number of anilines is 1. The molecule has 0 fully saturated rings. The fourth-order valence-electron chi connectivity index (χ4n) is 2.36. The van der Waals surface area contributed by atoms with Crippen molar-refractivity contribution in [1.29, 1.82) is 0 Å². The SMILES string of the molecule is C=CCNS(=O)(=O)c1ccc(C(=O)Nc2ccc3ccccc3n2)cc1. The minimum Gasteiger partial charge on any atom is -0.307 e. The van der Waals surface area contributed by atoms with E-state index in [9.17, 15) is 13.2 Å². The van der Waals surface area contributed by atoms with Gasteiger partial charge in [0, 0.05) is 17.5 Å². The molecule has 132 valence electrons. The lowest BCUT2D eigenvalue weighted by Crippen LogP contribution is -2.23. The molecule has 0 saturated heterocycles. The van der Waals surface area contributed by atoms with E-state index in [2.05, 4.69) is 21.6 Å². The normalized spacial score (nSPS) is 11.2. The summed E-state index contributed by atoms with van der Waals surface area (Å²) < 4.78 is 26.4. The van der Waals surface area contributed by atoms with E-state index in [1.807, 2.05) is 30.3 Å². The molecule has 0 atom stereocenters. The maximum Gasteiger partial charge on any atom is 0.256 e. The van der Waals surface area contributed by atoms with E-state index in [1.54, 1.807) is 6.07 Å². The second-order valence-corrected chi connectivity index (χ2v) is 7.28. The molecule has 0 aliphatic carbocycles. The van der Waals surface area contributed by atoms with Gasteiger partial charge in [-0.25, -0.2) is 18.1 Å². The van der Waals surface area contributed by atoms with Gasteiger partial charge in [-0.1, -0.05) is 24.3 Å². The molecule has 0 unspecified atom stereocenters. The van der Waals surface area contributed by atoms with Crippen LogP contribution >= 0.6 is 0 Å². The Kier molecular flexibility index (Phi) is 5.11. The minimum absolute atomic E-state index is 0.0831. The lowest BCUT2D eigenvalue weighted by Gasteiger charge is -2.07. The van der Waals surface area contributed by atoms with Crippen LogP contribution < -0.4 is 10.0 Å². The van der Waals surface area contributed by atoms with E-state index in [0.29, 0.717) is 11.4 Å². The molecule has 6 nitrogen and oxygen atoms in total. The molecule has 1 heterocycles. The molecule has 0 radical (unpaired) electrons. The molecule has 1 amide bonds. The predicted octanol–water partition coefficient (Wildman–Crippen LogP) is 2.95. The molecule has 1 aromatic heterocycles. The summed E-state index contributed by atoms with van der Waals surface area (Å²) >= 11 is 0. The number of nitrogens with one attached hydrogen (secondary N) is 2. The smallest absolute Gasteiger partial charge is 0.256 e. The number of aromatic nitrogens is 1. The number of nitrogens with zero attached hydrogens (tertiary/aromatic N) is 1. The Morgan fingerprint density at radius 2 is 1.77 bits per heavy atom. The van der Waals surface area contributed by atoms with Gasteiger partial charge >= 0.3 is 0 Å². The highest BCUT2D eigenvalue weighted by atomic mass is 32.2. The largest absolute Gasteiger partial charge is 0.307 e. The van der Waals surface area contributed by atoms with E-state index in [4.69, 9.17) is 0 Å². The zero-order valence-corrected chi connectivity index (χ0v) is 14.7. The number of pyridine rings is 1. The van der Waals surface area contributed by atoms with Crippen LogP contribution in [0.1, 0.15) is 10.4 Å². The van der Waals surface area contributed by atoms with Gasteiger partial charge in [0.15, 0.2) is 0 Å². The number of para-hydroxylation sites is 1. The van der Waals surface area contributed by atoms with Gasteiger partial charge < -0.3 is 5.32 Å². The standard InChI is InChI=1S/C19H17N3O3S/c1-2-13-20-26(24,25)16-10-7-15(8-11-16)19(23)22-18-12-9-14-5-3-4-6-17(14)21-18/h2-12,20H,1,13H2,(H,21,22,23). The van der Waals surface area contributed by atoms with Crippen LogP contribution in [-0.4, -0.2) is 25.9 Å². The molecular formula is C19H17N3O3S. The quantitative estimate of drug-likeness (QED) is 0.656. The summed E-state index contributed by atoms with van der Waals surface area (Å²) in [5, 5.41) is 3.69. The predicted molar refractivity (Wildman–Crippen MR) is 102 cm³/mol. The highest BCUT2D eigenvalue weighted by molar-refractivity contribution is 7.89. The van der Waals surface area contributed by atoms with Crippen LogP contribution in [0.3, 0.4) is 0 Å². The average molecular weight is 367 g/mol. The molecule has 0 bridgehead atoms. The van der Waals surface area contributed by atoms with Crippen molar-refractivity contribution in [2.45, 2.75) is 4.90 Å². The summed E-state index contributed by atoms with van der Waals surface area (Å²) in [7, 11) is -3.61. The van der Waals surface area contributed by atoms with Crippen LogP contribution in [0.5, 0.6) is 0 Å². The van der Waals surface area contributed by atoms with Crippen LogP contribution in [0.4, 0.5) is 5.82 Å². The molecule has 3 aromatic rings. The van der Waals surface area contributed by atoms with Crippen molar-refractivity contribution in [2.75, 3.05) is 11.9 Å². The zero-order chi connectivity index (χ0) is 18.6. The van der Waals surface area contributed by atoms with Crippen LogP contribution in [-0.2, 0) is 10.0 Å². The molecular weight excluding hydrogens is 350 g/mol. The summed E-state index contributed by atoms with van der Waals surface area (Å²) in [6, 6.07) is 16.9. The summed E-state index contributed by atoms with van der Waals surface area (Å²) in [6.07, 6.45) is 1.45. The molecule has 2 N–H and O–H groups in total. The lowest BCUT2D eigenvalue weighted by atomic mass is 10.2. The first-order chi connectivity index (χ1) is 12.5. The van der Waals surface area contributed by atoms with Gasteiger partial charge in [0.1, 0.15) is 5.82 Å². The second-order valence-electron chi connectivity index (χ2n) is 5.51. The van der Waals surface area contributed by atoms with Gasteiger partial charge in [-0.05, 0) is 42.5 Å². The van der Waals surface area contributed by atoms with Gasteiger partial charge in [0.25, 0.3) is 5.91 Å². The van der Waals surface area contributed by atoms with E-state index >= 15 is 0 Å². The van der Waals surface area contributed by atoms with Crippen molar-refractivity contribution < 1.29 is 13.2 Å². The highest BCUT2D eigenvalue weighted by Crippen LogP contribution is 2.16. The Labute approximate surface area is 151 Å². The van der Waals surface area contributed by atoms with E-state index in [0.717, 1.165) is 10.9 Å². The van der Waals surface area contributed by atoms with E-state index in [1.165, 1.54) is 30.3 Å². The lowest BCUT2D eigenvalue weighted by molar-refractivity contribution is 0.102. The van der Waals surface area contributed by atoms with Gasteiger partial charge in [0.2, 0.25) is 10.0 Å². The monoisotopic (exact) mass is 367 g/mol. The van der Waals surface area contributed by atoms with Gasteiger partial charge in [-0.2, -0.15) is 0 Å². The van der Waals surface area contributed by atoms with Crippen LogP contribution in [0.15, 0.2) is 78.2 Å². The first-order valence-corrected chi connectivity index (χ1v) is 9.36. The van der Waals surface area contributed by atoms with Crippen molar-refractivity contribution in [2.24, 2.45) is 0 Å². The minimum atomic E-state index is -3.61. The highest BCUT2D eigenvalue weighted by Gasteiger charge is 2.14. The summed E-state index contributed by atoms with van der Waals surface area (Å²) in [5.41, 5.74) is 1.11. The van der Waals surface area contributed by atoms with E-state index in [-0.39, 0.29) is 17.3 Å². The number of hydrogen-bond donors (Lipinski definition) is 2. The zero-order valence-electron chi connectivity index (χ0n) is 13.8. The summed E-state index contributed by atoms with van der Waals surface area (Å²) in [5.74, 6) is 0.0637. The van der Waals surface area contributed by atoms with Gasteiger partial charge in [0.05, 0.1) is 10.4 Å². The number of amides is 1. The summed E-state index contributed by atoms with van der Waals surface area (Å²) in [4.78, 5) is 16.8. The number of benzene rings is 2. The topological polar surface area (TPSA) is 88.2 Å². The Hall–Kier alpha value is -3.03. The van der Waals surface area contributed by atoms with Crippen molar-refractivity contribution in [1.82, 2.24) is 9.71 Å². The summed E-state index contributed by atoms with van der Waals surface area (Å²) in [6.45, 7) is 3.60. The third-order valence-electron chi connectivity index (χ3n) is 3.68. The number of carbonyl (C=O) groups excluding carboxylic acids is 1. The third-order valence-corrected chi connectivity index (χ3v) is 5.12. The molecule has 0 aliphatic rings. The van der Waals surface area contributed by atoms with Crippen molar-refractivity contribution in [3.8, 4) is 0 Å². The molecule has 0 spiro atoms. The first-order valence-electron chi connectivity index (χ1n) is 7.87. The van der Waals surface area contributed by atoms with E-state index < -0.39 is 10.0 Å². The molecule has 2 aromatic carbocycles. The molecule has 0 aliphatic heterocycles.